The second-order valence-electron chi connectivity index (χ2n) is 14.1. The smallest absolute Gasteiger partial charge is 0.480 e. The van der Waals surface area contributed by atoms with E-state index in [2.05, 4.69) is 15.6 Å². The fraction of sp³-hybridized carbons (Fsp3) is 0.618. The van der Waals surface area contributed by atoms with Gasteiger partial charge in [-0.25, -0.2) is 14.6 Å². The quantitative estimate of drug-likeness (QED) is 0.141. The van der Waals surface area contributed by atoms with Crippen LogP contribution in [0.5, 0.6) is 0 Å². The van der Waals surface area contributed by atoms with Crippen molar-refractivity contribution in [3.8, 4) is 0 Å². The van der Waals surface area contributed by atoms with Crippen LogP contribution in [0.1, 0.15) is 105 Å². The minimum absolute atomic E-state index is 0.171. The van der Waals surface area contributed by atoms with Crippen molar-refractivity contribution in [2.75, 3.05) is 17.2 Å². The van der Waals surface area contributed by atoms with Gasteiger partial charge in [-0.1, -0.05) is 25.3 Å². The average molecular weight is 733 g/mol. The molecule has 51 heavy (non-hydrogen) atoms. The zero-order valence-electron chi connectivity index (χ0n) is 27.7. The number of carbonyl (C=O) groups excluding carboxylic acids is 1. The Morgan fingerprint density at radius 3 is 1.82 bits per heavy atom. The number of aryl methyl sites for hydroxylation is 1. The van der Waals surface area contributed by atoms with Crippen LogP contribution in [-0.2, 0) is 20.8 Å². The summed E-state index contributed by atoms with van der Waals surface area (Å²) in [6.45, 7) is -0.171. The number of amides is 1. The molecule has 17 heteroatoms. The molecule has 0 radical (unpaired) electrons. The average Bonchev–Trinajstić information content (AvgIpc) is 3.47. The highest BCUT2D eigenvalue weighted by Crippen LogP contribution is 2.61. The highest BCUT2D eigenvalue weighted by molar-refractivity contribution is 6.04. The number of aromatic nitrogens is 2. The monoisotopic (exact) mass is 732 g/mol. The molecule has 2 aromatic rings. The number of hydrogen-bond donors (Lipinski definition) is 6. The third kappa shape index (κ3) is 11.3. The van der Waals surface area contributed by atoms with Crippen LogP contribution in [0.25, 0.3) is 0 Å². The van der Waals surface area contributed by atoms with Gasteiger partial charge in [0.25, 0.3) is 5.91 Å². The van der Waals surface area contributed by atoms with Crippen molar-refractivity contribution >= 4 is 35.2 Å². The fourth-order valence-corrected chi connectivity index (χ4v) is 8.43. The Labute approximate surface area is 289 Å². The van der Waals surface area contributed by atoms with Gasteiger partial charge in [0.05, 0.1) is 0 Å². The zero-order chi connectivity index (χ0) is 37.6. The van der Waals surface area contributed by atoms with E-state index in [1.165, 1.54) is 57.8 Å². The first-order valence-electron chi connectivity index (χ1n) is 16.9. The Morgan fingerprint density at radius 1 is 0.824 bits per heavy atom. The van der Waals surface area contributed by atoms with Crippen molar-refractivity contribution in [1.82, 2.24) is 9.97 Å². The highest BCUT2D eigenvalue weighted by atomic mass is 19.4. The van der Waals surface area contributed by atoms with Gasteiger partial charge in [-0.3, -0.25) is 9.59 Å². The summed E-state index contributed by atoms with van der Waals surface area (Å²) in [5.41, 5.74) is 3.29. The van der Waals surface area contributed by atoms with Crippen molar-refractivity contribution in [3.05, 3.63) is 41.5 Å². The summed E-state index contributed by atoms with van der Waals surface area (Å²) in [6, 6.07) is 7.20. The van der Waals surface area contributed by atoms with Gasteiger partial charge in [0.2, 0.25) is 0 Å². The van der Waals surface area contributed by atoms with Crippen LogP contribution in [0.4, 0.5) is 37.7 Å². The molecule has 1 aromatic heterocycles. The second-order valence-corrected chi connectivity index (χ2v) is 14.1. The molecular weight excluding hydrogens is 690 g/mol. The molecular formula is C34H42F6N4O7. The van der Waals surface area contributed by atoms with Gasteiger partial charge < -0.3 is 30.9 Å². The maximum atomic E-state index is 13.5. The number of aromatic amines is 1. The van der Waals surface area contributed by atoms with Gasteiger partial charge in [0, 0.05) is 23.0 Å². The lowest BCUT2D eigenvalue weighted by Gasteiger charge is -2.57. The SMILES string of the molecule is O=C(O)C(F)(F)F.O=C(O)C(F)(F)F.O=C(O)CNc1cccc(NC(=O)c2nc(C3CCCCC3)[nH]c2CCC23CC4CC(CC(C4)C2)C3)c1. The summed E-state index contributed by atoms with van der Waals surface area (Å²) in [7, 11) is 0. The number of nitrogens with one attached hydrogen (secondary N) is 3. The number of benzene rings is 1. The molecule has 11 nitrogen and oxygen atoms in total. The summed E-state index contributed by atoms with van der Waals surface area (Å²) in [5.74, 6) is -2.44. The number of rotatable bonds is 9. The van der Waals surface area contributed by atoms with Crippen LogP contribution >= 0.6 is 0 Å². The highest BCUT2D eigenvalue weighted by Gasteiger charge is 2.50. The van der Waals surface area contributed by atoms with Crippen LogP contribution in [0.15, 0.2) is 24.3 Å². The van der Waals surface area contributed by atoms with Crippen LogP contribution in [-0.4, -0.2) is 68.0 Å². The van der Waals surface area contributed by atoms with Gasteiger partial charge in [-0.05, 0) is 106 Å². The molecule has 0 atom stereocenters. The predicted octanol–water partition coefficient (Wildman–Crippen LogP) is 7.62. The number of carbonyl (C=O) groups is 4. The molecule has 7 rings (SSSR count). The van der Waals surface area contributed by atoms with Crippen molar-refractivity contribution in [2.24, 2.45) is 23.2 Å². The van der Waals surface area contributed by atoms with Gasteiger partial charge >= 0.3 is 30.3 Å². The van der Waals surface area contributed by atoms with Gasteiger partial charge in [-0.2, -0.15) is 26.3 Å². The zero-order valence-corrected chi connectivity index (χ0v) is 27.7. The first kappa shape index (κ1) is 39.5. The van der Waals surface area contributed by atoms with Gasteiger partial charge in [0.1, 0.15) is 18.1 Å². The number of anilines is 2. The van der Waals surface area contributed by atoms with Gasteiger partial charge in [-0.15, -0.1) is 0 Å². The molecule has 1 amide bonds. The largest absolute Gasteiger partial charge is 0.490 e. The molecule has 1 aromatic carbocycles. The number of aliphatic carboxylic acids is 3. The third-order valence-corrected chi connectivity index (χ3v) is 10.1. The molecule has 5 fully saturated rings. The van der Waals surface area contributed by atoms with E-state index in [1.807, 2.05) is 12.1 Å². The molecule has 6 N–H and O–H groups in total. The van der Waals surface area contributed by atoms with E-state index in [1.54, 1.807) is 12.1 Å². The molecule has 5 saturated carbocycles. The number of carboxylic acids is 3. The van der Waals surface area contributed by atoms with E-state index in [0.29, 0.717) is 28.4 Å². The van der Waals surface area contributed by atoms with E-state index in [4.69, 9.17) is 29.9 Å². The molecule has 0 spiro atoms. The third-order valence-electron chi connectivity index (χ3n) is 10.1. The molecule has 0 saturated heterocycles. The molecule has 5 aliphatic rings. The number of imidazole rings is 1. The molecule has 0 aliphatic heterocycles. The minimum Gasteiger partial charge on any atom is -0.480 e. The molecule has 282 valence electrons. The van der Waals surface area contributed by atoms with Gasteiger partial charge in [0.15, 0.2) is 0 Å². The Bertz CT molecular complexity index is 1490. The maximum Gasteiger partial charge on any atom is 0.490 e. The van der Waals surface area contributed by atoms with Crippen molar-refractivity contribution in [3.63, 3.8) is 0 Å². The lowest BCUT2D eigenvalue weighted by Crippen LogP contribution is -2.46. The van der Waals surface area contributed by atoms with Crippen LogP contribution in [0.3, 0.4) is 0 Å². The summed E-state index contributed by atoms with van der Waals surface area (Å²) in [6.07, 6.45) is 6.36. The molecule has 4 bridgehead atoms. The fourth-order valence-electron chi connectivity index (χ4n) is 8.43. The lowest BCUT2D eigenvalue weighted by atomic mass is 9.48. The Balaban J connectivity index is 0.000000353. The Hall–Kier alpha value is -4.31. The number of alkyl halides is 6. The molecule has 1 heterocycles. The first-order chi connectivity index (χ1) is 23.8. The van der Waals surface area contributed by atoms with Crippen LogP contribution in [0, 0.1) is 23.2 Å². The first-order valence-corrected chi connectivity index (χ1v) is 16.9. The van der Waals surface area contributed by atoms with E-state index in [0.717, 1.165) is 55.0 Å². The van der Waals surface area contributed by atoms with E-state index in [9.17, 15) is 35.9 Å². The van der Waals surface area contributed by atoms with E-state index < -0.39 is 30.3 Å². The van der Waals surface area contributed by atoms with E-state index in [-0.39, 0.29) is 12.5 Å². The minimum atomic E-state index is -5.08. The van der Waals surface area contributed by atoms with Crippen molar-refractivity contribution < 1.29 is 60.8 Å². The van der Waals surface area contributed by atoms with Crippen LogP contribution < -0.4 is 10.6 Å². The Kier molecular flexibility index (Phi) is 12.7. The number of carboxylic acid groups (broad SMARTS) is 3. The van der Waals surface area contributed by atoms with Crippen molar-refractivity contribution in [2.45, 2.75) is 102 Å². The maximum absolute atomic E-state index is 13.5. The summed E-state index contributed by atoms with van der Waals surface area (Å²) < 4.78 is 63.5. The number of halogens is 6. The Morgan fingerprint density at radius 2 is 1.33 bits per heavy atom. The molecule has 5 aliphatic carbocycles. The van der Waals surface area contributed by atoms with Crippen LogP contribution in [0.2, 0.25) is 0 Å². The van der Waals surface area contributed by atoms with Crippen molar-refractivity contribution in [1.29, 1.82) is 0 Å². The topological polar surface area (TPSA) is 182 Å². The number of H-pyrrole nitrogens is 1. The summed E-state index contributed by atoms with van der Waals surface area (Å²) >= 11 is 0. The van der Waals surface area contributed by atoms with E-state index >= 15 is 0 Å². The summed E-state index contributed by atoms with van der Waals surface area (Å²) in [4.78, 5) is 50.8. The summed E-state index contributed by atoms with van der Waals surface area (Å²) in [5, 5.41) is 29.1. The standard InChI is InChI=1S/C30H40N4O3.2C2HF3O2/c35-26(36)18-31-23-7-4-8-24(14-23)32-29(37)27-25(33-28(34-27)22-5-2-1-3-6-22)9-10-30-15-19-11-20(16-30)13-21(12-19)17-30;2*3-2(4,5)1(6)7/h4,7-8,14,19-22,31H,1-3,5-6,9-13,15-18H2,(H,32,37)(H,33,34)(H,35,36);2*(H,6,7). The number of nitrogens with zero attached hydrogens (tertiary/aromatic N) is 1. The lowest BCUT2D eigenvalue weighted by molar-refractivity contribution is -0.193. The predicted molar refractivity (Wildman–Crippen MR) is 171 cm³/mol. The second kappa shape index (κ2) is 16.4. The molecule has 0 unspecified atom stereocenters. The number of hydrogen-bond acceptors (Lipinski definition) is 6. The normalized spacial score (nSPS) is 24.0.